The fourth-order valence-electron chi connectivity index (χ4n) is 2.56. The zero-order chi connectivity index (χ0) is 14.4. The summed E-state index contributed by atoms with van der Waals surface area (Å²) in [5.74, 6) is 1.16. The SMILES string of the molecule is Cc1cccc(OCCSC2CCC(C(=O)O)CC2)c1. The van der Waals surface area contributed by atoms with Crippen LogP contribution in [-0.2, 0) is 4.79 Å². The van der Waals surface area contributed by atoms with Gasteiger partial charge in [-0.25, -0.2) is 0 Å². The number of benzene rings is 1. The Kier molecular flexibility index (Phi) is 5.77. The fourth-order valence-corrected chi connectivity index (χ4v) is 3.67. The summed E-state index contributed by atoms with van der Waals surface area (Å²) in [6, 6.07) is 8.09. The van der Waals surface area contributed by atoms with Gasteiger partial charge < -0.3 is 9.84 Å². The van der Waals surface area contributed by atoms with E-state index >= 15 is 0 Å². The molecule has 1 aliphatic rings. The van der Waals surface area contributed by atoms with Crippen molar-refractivity contribution in [2.45, 2.75) is 37.9 Å². The Morgan fingerprint density at radius 1 is 1.35 bits per heavy atom. The second-order valence-electron chi connectivity index (χ2n) is 5.35. The van der Waals surface area contributed by atoms with E-state index in [1.54, 1.807) is 0 Å². The van der Waals surface area contributed by atoms with Crippen molar-refractivity contribution in [2.24, 2.45) is 5.92 Å². The predicted octanol–water partition coefficient (Wildman–Crippen LogP) is 3.75. The minimum Gasteiger partial charge on any atom is -0.493 e. The molecule has 0 radical (unpaired) electrons. The largest absolute Gasteiger partial charge is 0.493 e. The number of thioether (sulfide) groups is 1. The Bertz CT molecular complexity index is 439. The van der Waals surface area contributed by atoms with Gasteiger partial charge in [-0.2, -0.15) is 11.8 Å². The van der Waals surface area contributed by atoms with E-state index in [-0.39, 0.29) is 5.92 Å². The molecule has 0 spiro atoms. The summed E-state index contributed by atoms with van der Waals surface area (Å²) in [7, 11) is 0. The smallest absolute Gasteiger partial charge is 0.306 e. The lowest BCUT2D eigenvalue weighted by Crippen LogP contribution is -2.23. The highest BCUT2D eigenvalue weighted by Crippen LogP contribution is 2.32. The molecule has 0 saturated heterocycles. The van der Waals surface area contributed by atoms with Crippen LogP contribution in [-0.4, -0.2) is 28.7 Å². The zero-order valence-electron chi connectivity index (χ0n) is 11.9. The van der Waals surface area contributed by atoms with Crippen molar-refractivity contribution in [3.63, 3.8) is 0 Å². The molecular formula is C16H22O3S. The third kappa shape index (κ3) is 4.75. The second kappa shape index (κ2) is 7.58. The quantitative estimate of drug-likeness (QED) is 0.812. The molecule has 1 aromatic rings. The molecule has 0 atom stereocenters. The summed E-state index contributed by atoms with van der Waals surface area (Å²) in [5, 5.41) is 9.56. The Hall–Kier alpha value is -1.16. The maximum absolute atomic E-state index is 10.9. The maximum atomic E-state index is 10.9. The molecule has 1 saturated carbocycles. The first-order valence-corrected chi connectivity index (χ1v) is 8.24. The van der Waals surface area contributed by atoms with Gasteiger partial charge in [0.25, 0.3) is 0 Å². The van der Waals surface area contributed by atoms with Crippen LogP contribution in [0.4, 0.5) is 0 Å². The van der Waals surface area contributed by atoms with Gasteiger partial charge in [-0.3, -0.25) is 4.79 Å². The van der Waals surface area contributed by atoms with E-state index in [0.717, 1.165) is 37.2 Å². The average molecular weight is 294 g/mol. The average Bonchev–Trinajstić information content (AvgIpc) is 2.44. The second-order valence-corrected chi connectivity index (χ2v) is 6.76. The van der Waals surface area contributed by atoms with Crippen molar-refractivity contribution in [3.05, 3.63) is 29.8 Å². The molecular weight excluding hydrogens is 272 g/mol. The van der Waals surface area contributed by atoms with E-state index in [1.165, 1.54) is 5.56 Å². The van der Waals surface area contributed by atoms with Crippen molar-refractivity contribution in [1.29, 1.82) is 0 Å². The monoisotopic (exact) mass is 294 g/mol. The number of aliphatic carboxylic acids is 1. The van der Waals surface area contributed by atoms with Crippen LogP contribution < -0.4 is 4.74 Å². The Balaban J connectivity index is 1.61. The van der Waals surface area contributed by atoms with Crippen molar-refractivity contribution >= 4 is 17.7 Å². The van der Waals surface area contributed by atoms with Gasteiger partial charge in [0.1, 0.15) is 5.75 Å². The van der Waals surface area contributed by atoms with Crippen LogP contribution in [0.5, 0.6) is 5.75 Å². The molecule has 2 rings (SSSR count). The van der Waals surface area contributed by atoms with Crippen molar-refractivity contribution in [3.8, 4) is 5.75 Å². The van der Waals surface area contributed by atoms with E-state index in [1.807, 2.05) is 30.0 Å². The summed E-state index contributed by atoms with van der Waals surface area (Å²) < 4.78 is 5.72. The molecule has 20 heavy (non-hydrogen) atoms. The normalized spacial score (nSPS) is 22.4. The molecule has 0 aliphatic heterocycles. The molecule has 1 fully saturated rings. The van der Waals surface area contributed by atoms with Crippen LogP contribution in [0.15, 0.2) is 24.3 Å². The lowest BCUT2D eigenvalue weighted by atomic mass is 9.89. The van der Waals surface area contributed by atoms with Gasteiger partial charge in [-0.1, -0.05) is 12.1 Å². The first-order chi connectivity index (χ1) is 9.65. The van der Waals surface area contributed by atoms with E-state index in [0.29, 0.717) is 11.9 Å². The molecule has 0 unspecified atom stereocenters. The Morgan fingerprint density at radius 3 is 2.75 bits per heavy atom. The van der Waals surface area contributed by atoms with E-state index in [4.69, 9.17) is 9.84 Å². The highest BCUT2D eigenvalue weighted by atomic mass is 32.2. The van der Waals surface area contributed by atoms with Crippen LogP contribution in [0.3, 0.4) is 0 Å². The van der Waals surface area contributed by atoms with E-state index in [9.17, 15) is 4.79 Å². The topological polar surface area (TPSA) is 46.5 Å². The minimum atomic E-state index is -0.628. The van der Waals surface area contributed by atoms with Gasteiger partial charge in [-0.15, -0.1) is 0 Å². The highest BCUT2D eigenvalue weighted by Gasteiger charge is 2.25. The predicted molar refractivity (Wildman–Crippen MR) is 82.5 cm³/mol. The zero-order valence-corrected chi connectivity index (χ0v) is 12.7. The molecule has 0 amide bonds. The molecule has 3 nitrogen and oxygen atoms in total. The number of hydrogen-bond acceptors (Lipinski definition) is 3. The number of ether oxygens (including phenoxy) is 1. The lowest BCUT2D eigenvalue weighted by molar-refractivity contribution is -0.142. The number of rotatable bonds is 6. The number of hydrogen-bond donors (Lipinski definition) is 1. The van der Waals surface area contributed by atoms with Gasteiger partial charge in [0, 0.05) is 11.0 Å². The number of aryl methyl sites for hydroxylation is 1. The first kappa shape index (κ1) is 15.2. The van der Waals surface area contributed by atoms with E-state index in [2.05, 4.69) is 13.0 Å². The lowest BCUT2D eigenvalue weighted by Gasteiger charge is -2.25. The van der Waals surface area contributed by atoms with Crippen molar-refractivity contribution in [1.82, 2.24) is 0 Å². The number of carboxylic acid groups (broad SMARTS) is 1. The summed E-state index contributed by atoms with van der Waals surface area (Å²) in [6.07, 6.45) is 3.69. The Labute approximate surface area is 124 Å². The standard InChI is InChI=1S/C16H22O3S/c1-12-3-2-4-14(11-12)19-9-10-20-15-7-5-13(6-8-15)16(17)18/h2-4,11,13,15H,5-10H2,1H3,(H,17,18). The Morgan fingerprint density at radius 2 is 2.10 bits per heavy atom. The van der Waals surface area contributed by atoms with Gasteiger partial charge in [0.2, 0.25) is 0 Å². The highest BCUT2D eigenvalue weighted by molar-refractivity contribution is 7.99. The van der Waals surface area contributed by atoms with E-state index < -0.39 is 5.97 Å². The molecule has 110 valence electrons. The van der Waals surface area contributed by atoms with Gasteiger partial charge in [-0.05, 0) is 50.3 Å². The van der Waals surface area contributed by atoms with Crippen molar-refractivity contribution in [2.75, 3.05) is 12.4 Å². The van der Waals surface area contributed by atoms with Gasteiger partial charge in [0.15, 0.2) is 0 Å². The van der Waals surface area contributed by atoms with Crippen LogP contribution in [0.2, 0.25) is 0 Å². The van der Waals surface area contributed by atoms with Crippen LogP contribution >= 0.6 is 11.8 Å². The van der Waals surface area contributed by atoms with Crippen LogP contribution in [0.25, 0.3) is 0 Å². The molecule has 1 aromatic carbocycles. The van der Waals surface area contributed by atoms with Crippen molar-refractivity contribution < 1.29 is 14.6 Å². The summed E-state index contributed by atoms with van der Waals surface area (Å²) in [4.78, 5) is 10.9. The molecule has 1 aliphatic carbocycles. The summed E-state index contributed by atoms with van der Waals surface area (Å²) >= 11 is 1.92. The molecule has 0 aromatic heterocycles. The first-order valence-electron chi connectivity index (χ1n) is 7.19. The van der Waals surface area contributed by atoms with Gasteiger partial charge in [0.05, 0.1) is 12.5 Å². The molecule has 0 heterocycles. The summed E-state index contributed by atoms with van der Waals surface area (Å²) in [6.45, 7) is 2.77. The molecule has 4 heteroatoms. The third-order valence-electron chi connectivity index (χ3n) is 3.72. The fraction of sp³-hybridized carbons (Fsp3) is 0.562. The summed E-state index contributed by atoms with van der Waals surface area (Å²) in [5.41, 5.74) is 1.21. The third-order valence-corrected chi connectivity index (χ3v) is 5.06. The van der Waals surface area contributed by atoms with Gasteiger partial charge >= 0.3 is 5.97 Å². The maximum Gasteiger partial charge on any atom is 0.306 e. The minimum absolute atomic E-state index is 0.115. The number of carboxylic acids is 1. The molecule has 1 N–H and O–H groups in total. The van der Waals surface area contributed by atoms with Crippen LogP contribution in [0, 0.1) is 12.8 Å². The molecule has 0 bridgehead atoms. The number of carbonyl (C=O) groups is 1. The van der Waals surface area contributed by atoms with Crippen LogP contribution in [0.1, 0.15) is 31.2 Å².